The van der Waals surface area contributed by atoms with Gasteiger partial charge in [-0.1, -0.05) is 0 Å². The van der Waals surface area contributed by atoms with Crippen LogP contribution in [0.25, 0.3) is 11.3 Å². The summed E-state index contributed by atoms with van der Waals surface area (Å²) < 4.78 is 41.4. The lowest BCUT2D eigenvalue weighted by atomic mass is 9.82. The van der Waals surface area contributed by atoms with E-state index in [-0.39, 0.29) is 16.9 Å². The second kappa shape index (κ2) is 7.38. The molecule has 1 fully saturated rings. The van der Waals surface area contributed by atoms with Crippen LogP contribution in [-0.2, 0) is 22.9 Å². The average molecular weight is 452 g/mol. The number of halogens is 3. The van der Waals surface area contributed by atoms with Crippen LogP contribution < -0.4 is 5.73 Å². The van der Waals surface area contributed by atoms with Crippen LogP contribution in [0.15, 0.2) is 18.3 Å². The highest BCUT2D eigenvalue weighted by molar-refractivity contribution is 5.85. The van der Waals surface area contributed by atoms with Crippen LogP contribution >= 0.6 is 0 Å². The molecule has 0 aliphatic carbocycles. The fourth-order valence-electron chi connectivity index (χ4n) is 4.51. The molecule has 0 bridgehead atoms. The van der Waals surface area contributed by atoms with Crippen molar-refractivity contribution in [2.45, 2.75) is 43.9 Å². The normalized spacial score (nSPS) is 21.1. The first-order valence-electron chi connectivity index (χ1n) is 10.1. The minimum absolute atomic E-state index is 0.214. The maximum Gasteiger partial charge on any atom is 0.419 e. The highest BCUT2D eigenvalue weighted by atomic mass is 19.4. The number of carbonyl (C=O) groups excluding carboxylic acids is 1. The molecule has 2 atom stereocenters. The fourth-order valence-corrected chi connectivity index (χ4v) is 4.51. The molecule has 12 heteroatoms. The number of nitrogens with zero attached hydrogens (tertiary/aromatic N) is 5. The van der Waals surface area contributed by atoms with Crippen LogP contribution in [0.2, 0.25) is 0 Å². The average Bonchev–Trinajstić information content (AvgIpc) is 3.42. The topological polar surface area (TPSA) is 118 Å². The van der Waals surface area contributed by atoms with Crippen LogP contribution in [-0.4, -0.2) is 67.9 Å². The van der Waals surface area contributed by atoms with Gasteiger partial charge in [-0.2, -0.15) is 18.3 Å². The Kier molecular flexibility index (Phi) is 5.05. The molecule has 2 aromatic rings. The molecule has 0 radical (unpaired) electrons. The summed E-state index contributed by atoms with van der Waals surface area (Å²) in [6.45, 7) is 3.00. The zero-order valence-electron chi connectivity index (χ0n) is 17.6. The van der Waals surface area contributed by atoms with Gasteiger partial charge in [0.15, 0.2) is 0 Å². The van der Waals surface area contributed by atoms with Gasteiger partial charge >= 0.3 is 12.3 Å². The Morgan fingerprint density at radius 3 is 2.62 bits per heavy atom. The minimum atomic E-state index is -4.62. The maximum atomic E-state index is 13.2. The summed E-state index contributed by atoms with van der Waals surface area (Å²) in [5.74, 6) is -0.864. The Hall–Kier alpha value is -3.31. The quantitative estimate of drug-likeness (QED) is 0.739. The lowest BCUT2D eigenvalue weighted by Crippen LogP contribution is -2.47. The van der Waals surface area contributed by atoms with Gasteiger partial charge in [0.2, 0.25) is 5.91 Å². The molecule has 32 heavy (non-hydrogen) atoms. The molecule has 1 saturated heterocycles. The summed E-state index contributed by atoms with van der Waals surface area (Å²) in [5.41, 5.74) is 5.45. The van der Waals surface area contributed by atoms with Crippen molar-refractivity contribution in [2.75, 3.05) is 25.9 Å². The monoisotopic (exact) mass is 452 g/mol. The number of pyridine rings is 1. The van der Waals surface area contributed by atoms with Crippen LogP contribution in [0.1, 0.15) is 31.0 Å². The van der Waals surface area contributed by atoms with E-state index in [1.54, 1.807) is 22.6 Å². The number of hydrogen-bond acceptors (Lipinski definition) is 5. The number of carbonyl (C=O) groups is 2. The predicted molar refractivity (Wildman–Crippen MR) is 108 cm³/mol. The van der Waals surface area contributed by atoms with E-state index < -0.39 is 29.7 Å². The second-order valence-corrected chi connectivity index (χ2v) is 8.40. The molecule has 2 aliphatic rings. The van der Waals surface area contributed by atoms with Crippen molar-refractivity contribution in [1.29, 1.82) is 0 Å². The minimum Gasteiger partial charge on any atom is -0.465 e. The molecule has 2 amide bonds. The Balaban J connectivity index is 1.59. The molecule has 3 N–H and O–H groups in total. The Morgan fingerprint density at radius 1 is 1.28 bits per heavy atom. The van der Waals surface area contributed by atoms with Crippen molar-refractivity contribution in [3.05, 3.63) is 29.6 Å². The highest BCUT2D eigenvalue weighted by Crippen LogP contribution is 2.44. The number of hydrogen-bond donors (Lipinski definition) is 2. The number of nitrogen functional groups attached to an aromatic ring is 1. The lowest BCUT2D eigenvalue weighted by molar-refractivity contribution is -0.137. The number of nitrogens with two attached hydrogens (primary N) is 1. The number of anilines is 1. The number of rotatable bonds is 3. The van der Waals surface area contributed by atoms with E-state index in [1.165, 1.54) is 13.2 Å². The van der Waals surface area contributed by atoms with E-state index in [0.29, 0.717) is 31.7 Å². The number of alkyl halides is 3. The summed E-state index contributed by atoms with van der Waals surface area (Å²) in [6.07, 6.45) is -3.12. The number of fused-ring (bicyclic) bond motifs is 2. The van der Waals surface area contributed by atoms with Gasteiger partial charge in [0.25, 0.3) is 0 Å². The molecule has 0 saturated carbocycles. The molecule has 2 aliphatic heterocycles. The van der Waals surface area contributed by atoms with E-state index in [0.717, 1.165) is 23.1 Å². The van der Waals surface area contributed by atoms with Crippen LogP contribution in [0, 0.1) is 0 Å². The molecule has 4 heterocycles. The summed E-state index contributed by atoms with van der Waals surface area (Å²) in [5, 5.41) is 13.6. The molecule has 1 spiro atoms. The first-order valence-corrected chi connectivity index (χ1v) is 10.1. The molecular weight excluding hydrogens is 429 g/mol. The number of carboxylic acid groups (broad SMARTS) is 1. The Labute approximate surface area is 181 Å². The number of likely N-dealkylation sites (tertiary alicyclic amines) is 1. The van der Waals surface area contributed by atoms with Gasteiger partial charge in [0.1, 0.15) is 11.9 Å². The number of amides is 2. The molecule has 2 aromatic heterocycles. The largest absolute Gasteiger partial charge is 0.465 e. The van der Waals surface area contributed by atoms with Crippen molar-refractivity contribution < 1.29 is 27.9 Å². The first-order chi connectivity index (χ1) is 14.9. The van der Waals surface area contributed by atoms with E-state index in [1.807, 2.05) is 0 Å². The number of aryl methyl sites for hydroxylation is 1. The third-order valence-corrected chi connectivity index (χ3v) is 6.55. The SMILES string of the molecule is C[C@H](C(=O)N1CC[C@@]2(CCn3nc(-c4cnc(N)c(C(F)(F)F)c4)cc32)C1)N(C)C(=O)O. The molecule has 172 valence electrons. The van der Waals surface area contributed by atoms with Crippen molar-refractivity contribution in [3.63, 3.8) is 0 Å². The van der Waals surface area contributed by atoms with Gasteiger partial charge < -0.3 is 15.7 Å². The third kappa shape index (κ3) is 3.53. The lowest BCUT2D eigenvalue weighted by Gasteiger charge is -2.28. The smallest absolute Gasteiger partial charge is 0.419 e. The van der Waals surface area contributed by atoms with E-state index in [9.17, 15) is 22.8 Å². The third-order valence-electron chi connectivity index (χ3n) is 6.55. The van der Waals surface area contributed by atoms with Crippen molar-refractivity contribution in [3.8, 4) is 11.3 Å². The van der Waals surface area contributed by atoms with Gasteiger partial charge in [-0.25, -0.2) is 9.78 Å². The maximum absolute atomic E-state index is 13.2. The van der Waals surface area contributed by atoms with Crippen molar-refractivity contribution in [2.24, 2.45) is 0 Å². The van der Waals surface area contributed by atoms with E-state index in [2.05, 4.69) is 10.1 Å². The molecule has 0 unspecified atom stereocenters. The summed E-state index contributed by atoms with van der Waals surface area (Å²) in [4.78, 5) is 30.3. The zero-order valence-corrected chi connectivity index (χ0v) is 17.6. The number of likely N-dealkylation sites (N-methyl/N-ethyl adjacent to an activating group) is 1. The van der Waals surface area contributed by atoms with Gasteiger partial charge in [0.05, 0.1) is 11.3 Å². The van der Waals surface area contributed by atoms with Crippen LogP contribution in [0.3, 0.4) is 0 Å². The predicted octanol–water partition coefficient (Wildman–Crippen LogP) is 2.42. The summed E-state index contributed by atoms with van der Waals surface area (Å²) in [6, 6.07) is 1.88. The van der Waals surface area contributed by atoms with Gasteiger partial charge in [-0.05, 0) is 31.9 Å². The van der Waals surface area contributed by atoms with Gasteiger partial charge in [-0.15, -0.1) is 0 Å². The molecular formula is C20H23F3N6O3. The second-order valence-electron chi connectivity index (χ2n) is 8.40. The summed E-state index contributed by atoms with van der Waals surface area (Å²) in [7, 11) is 1.35. The highest BCUT2D eigenvalue weighted by Gasteiger charge is 2.47. The standard InChI is InChI=1S/C20H23F3N6O3/c1-11(27(2)18(31)32)17(30)28-5-3-19(10-28)4-6-29-15(19)8-14(26-29)12-7-13(20(21,22)23)16(24)25-9-12/h7-9,11H,3-6,10H2,1-2H3,(H2,24,25)(H,31,32)/t11-,19-/m1/s1. The van der Waals surface area contributed by atoms with Gasteiger partial charge in [0, 0.05) is 49.6 Å². The molecule has 4 rings (SSSR count). The summed E-state index contributed by atoms with van der Waals surface area (Å²) >= 11 is 0. The molecule has 0 aromatic carbocycles. The van der Waals surface area contributed by atoms with E-state index in [4.69, 9.17) is 10.8 Å². The van der Waals surface area contributed by atoms with Crippen LogP contribution in [0.5, 0.6) is 0 Å². The number of aromatic nitrogens is 3. The fraction of sp³-hybridized carbons (Fsp3) is 0.500. The van der Waals surface area contributed by atoms with Crippen LogP contribution in [0.4, 0.5) is 23.8 Å². The zero-order chi connectivity index (χ0) is 23.4. The Bertz CT molecular complexity index is 1090. The van der Waals surface area contributed by atoms with Gasteiger partial charge in [-0.3, -0.25) is 14.4 Å². The van der Waals surface area contributed by atoms with Crippen molar-refractivity contribution in [1.82, 2.24) is 24.6 Å². The first kappa shape index (κ1) is 21.9. The Morgan fingerprint density at radius 2 is 1.97 bits per heavy atom. The van der Waals surface area contributed by atoms with Crippen molar-refractivity contribution >= 4 is 17.8 Å². The van der Waals surface area contributed by atoms with E-state index >= 15 is 0 Å². The molecule has 9 nitrogen and oxygen atoms in total.